The van der Waals surface area contributed by atoms with Crippen molar-refractivity contribution in [1.29, 1.82) is 5.26 Å². The molecule has 0 aromatic heterocycles. The highest BCUT2D eigenvalue weighted by Crippen LogP contribution is 2.26. The average Bonchev–Trinajstić information content (AvgIpc) is 3.04. The Bertz CT molecular complexity index is 1100. The molecule has 1 heterocycles. The summed E-state index contributed by atoms with van der Waals surface area (Å²) in [6.45, 7) is 2.44. The number of halogens is 1. The van der Waals surface area contributed by atoms with Gasteiger partial charge in [-0.15, -0.1) is 0 Å². The van der Waals surface area contributed by atoms with E-state index < -0.39 is 10.0 Å². The van der Waals surface area contributed by atoms with Crippen LogP contribution < -0.4 is 4.90 Å². The van der Waals surface area contributed by atoms with Gasteiger partial charge in [-0.05, 0) is 48.9 Å². The van der Waals surface area contributed by atoms with Gasteiger partial charge in [-0.2, -0.15) is 5.26 Å². The average molecular weight is 463 g/mol. The van der Waals surface area contributed by atoms with Crippen LogP contribution in [0.5, 0.6) is 0 Å². The van der Waals surface area contributed by atoms with Gasteiger partial charge in [0.2, 0.25) is 0 Å². The lowest BCUT2D eigenvalue weighted by Crippen LogP contribution is -2.35. The van der Waals surface area contributed by atoms with Crippen molar-refractivity contribution in [3.8, 4) is 6.07 Å². The van der Waals surface area contributed by atoms with Crippen LogP contribution >= 0.6 is 11.6 Å². The molecule has 0 unspecified atom stereocenters. The van der Waals surface area contributed by atoms with Gasteiger partial charge in [0.15, 0.2) is 0 Å². The first-order chi connectivity index (χ1) is 14.8. The third kappa shape index (κ3) is 4.99. The number of carbonyl (C=O) groups is 1. The third-order valence-corrected chi connectivity index (χ3v) is 7.36. The van der Waals surface area contributed by atoms with E-state index in [9.17, 15) is 13.2 Å². The predicted molar refractivity (Wildman–Crippen MR) is 117 cm³/mol. The molecule has 10 heteroatoms. The van der Waals surface area contributed by atoms with Gasteiger partial charge in [-0.3, -0.25) is 9.63 Å². The minimum absolute atomic E-state index is 0.0170. The Labute approximate surface area is 187 Å². The molecule has 0 N–H and O–H groups in total. The van der Waals surface area contributed by atoms with Crippen LogP contribution in [0.3, 0.4) is 0 Å². The van der Waals surface area contributed by atoms with E-state index in [1.165, 1.54) is 32.4 Å². The molecule has 0 radical (unpaired) electrons. The maximum absolute atomic E-state index is 13.1. The number of sulfonamides is 1. The number of rotatable bonds is 5. The molecule has 0 aliphatic carbocycles. The summed E-state index contributed by atoms with van der Waals surface area (Å²) in [5, 5.41) is 8.97. The van der Waals surface area contributed by atoms with Crippen LogP contribution in [0.2, 0.25) is 5.02 Å². The molecule has 2 aromatic carbocycles. The molecule has 1 amide bonds. The maximum atomic E-state index is 13.1. The molecule has 0 bridgehead atoms. The highest BCUT2D eigenvalue weighted by Gasteiger charge is 2.27. The van der Waals surface area contributed by atoms with E-state index in [-0.39, 0.29) is 21.4 Å². The fourth-order valence-electron chi connectivity index (χ4n) is 3.38. The number of carbonyl (C=O) groups excluding carboxylic acids is 1. The van der Waals surface area contributed by atoms with Crippen LogP contribution in [0.1, 0.15) is 22.3 Å². The lowest BCUT2D eigenvalue weighted by molar-refractivity contribution is -0.0258. The number of hydrogen-bond acceptors (Lipinski definition) is 6. The van der Waals surface area contributed by atoms with E-state index in [4.69, 9.17) is 21.7 Å². The van der Waals surface area contributed by atoms with Crippen LogP contribution in [-0.2, 0) is 14.9 Å². The number of hydrogen-bond donors (Lipinski definition) is 0. The van der Waals surface area contributed by atoms with Crippen molar-refractivity contribution in [1.82, 2.24) is 9.37 Å². The minimum atomic E-state index is -3.99. The van der Waals surface area contributed by atoms with Crippen molar-refractivity contribution in [3.63, 3.8) is 0 Å². The second-order valence-corrected chi connectivity index (χ2v) is 9.35. The first-order valence-electron chi connectivity index (χ1n) is 9.65. The van der Waals surface area contributed by atoms with Crippen molar-refractivity contribution < 1.29 is 18.0 Å². The van der Waals surface area contributed by atoms with Crippen LogP contribution in [0, 0.1) is 11.3 Å². The normalized spacial score (nSPS) is 14.9. The number of nitriles is 1. The van der Waals surface area contributed by atoms with Gasteiger partial charge in [0.05, 0.1) is 23.8 Å². The van der Waals surface area contributed by atoms with E-state index >= 15 is 0 Å². The molecule has 0 spiro atoms. The topological polar surface area (TPSA) is 93.9 Å². The van der Waals surface area contributed by atoms with Gasteiger partial charge in [0, 0.05) is 44.5 Å². The smallest absolute Gasteiger partial charge is 0.266 e. The van der Waals surface area contributed by atoms with Crippen molar-refractivity contribution in [2.24, 2.45) is 0 Å². The van der Waals surface area contributed by atoms with Crippen molar-refractivity contribution in [3.05, 3.63) is 58.6 Å². The fraction of sp³-hybridized carbons (Fsp3) is 0.333. The predicted octanol–water partition coefficient (Wildman–Crippen LogP) is 2.75. The zero-order valence-corrected chi connectivity index (χ0v) is 18.9. The zero-order valence-electron chi connectivity index (χ0n) is 17.3. The van der Waals surface area contributed by atoms with Crippen molar-refractivity contribution in [2.75, 3.05) is 45.2 Å². The molecule has 3 rings (SSSR count). The van der Waals surface area contributed by atoms with E-state index in [2.05, 4.69) is 11.0 Å². The highest BCUT2D eigenvalue weighted by atomic mass is 35.5. The minimum Gasteiger partial charge on any atom is -0.370 e. The van der Waals surface area contributed by atoms with Crippen LogP contribution in [-0.4, -0.2) is 64.0 Å². The summed E-state index contributed by atoms with van der Waals surface area (Å²) in [5.74, 6) is -0.255. The molecular weight excluding hydrogens is 440 g/mol. The molecule has 1 aliphatic heterocycles. The Morgan fingerprint density at radius 3 is 2.48 bits per heavy atom. The van der Waals surface area contributed by atoms with Crippen LogP contribution in [0.25, 0.3) is 0 Å². The third-order valence-electron chi connectivity index (χ3n) is 5.20. The summed E-state index contributed by atoms with van der Waals surface area (Å²) in [6.07, 6.45) is 0.761. The molecule has 8 nitrogen and oxygen atoms in total. The van der Waals surface area contributed by atoms with Gasteiger partial charge < -0.3 is 9.80 Å². The van der Waals surface area contributed by atoms with E-state index in [1.54, 1.807) is 17.0 Å². The Kier molecular flexibility index (Phi) is 7.18. The monoisotopic (exact) mass is 462 g/mol. The summed E-state index contributed by atoms with van der Waals surface area (Å²) in [4.78, 5) is 21.6. The SMILES string of the molecule is CON(C)S(=O)(=O)c1cc(C(=O)N2CCCN(c3ccc(C#N)cc3)CC2)ccc1Cl. The van der Waals surface area contributed by atoms with Gasteiger partial charge in [0.25, 0.3) is 15.9 Å². The van der Waals surface area contributed by atoms with Crippen molar-refractivity contribution >= 4 is 33.2 Å². The van der Waals surface area contributed by atoms with E-state index in [0.29, 0.717) is 29.7 Å². The van der Waals surface area contributed by atoms with Crippen LogP contribution in [0.4, 0.5) is 5.69 Å². The standard InChI is InChI=1S/C21H23ClN4O4S/c1-24(30-2)31(28,29)20-14-17(6-9-19(20)22)21(27)26-11-3-10-25(12-13-26)18-7-4-16(15-23)5-8-18/h4-9,14H,3,10-13H2,1-2H3. The van der Waals surface area contributed by atoms with Gasteiger partial charge in [-0.1, -0.05) is 16.1 Å². The molecule has 31 heavy (non-hydrogen) atoms. The number of hydroxylamine groups is 1. The Hall–Kier alpha value is -2.64. The molecule has 2 aromatic rings. The molecular formula is C21H23ClN4O4S. The van der Waals surface area contributed by atoms with Crippen molar-refractivity contribution in [2.45, 2.75) is 11.3 Å². The quantitative estimate of drug-likeness (QED) is 0.634. The van der Waals surface area contributed by atoms with Crippen LogP contribution in [0.15, 0.2) is 47.4 Å². The van der Waals surface area contributed by atoms with E-state index in [0.717, 1.165) is 18.7 Å². The second kappa shape index (κ2) is 9.66. The highest BCUT2D eigenvalue weighted by molar-refractivity contribution is 7.89. The molecule has 0 atom stereocenters. The lowest BCUT2D eigenvalue weighted by atomic mass is 10.2. The summed E-state index contributed by atoms with van der Waals surface area (Å²) >= 11 is 6.09. The number of nitrogens with zero attached hydrogens (tertiary/aromatic N) is 4. The Balaban J connectivity index is 1.77. The summed E-state index contributed by atoms with van der Waals surface area (Å²) in [6, 6.07) is 13.7. The number of anilines is 1. The summed E-state index contributed by atoms with van der Waals surface area (Å²) < 4.78 is 25.9. The largest absolute Gasteiger partial charge is 0.370 e. The molecule has 164 valence electrons. The molecule has 0 saturated carbocycles. The second-order valence-electron chi connectivity index (χ2n) is 7.03. The molecule has 1 aliphatic rings. The Morgan fingerprint density at radius 2 is 1.84 bits per heavy atom. The first kappa shape index (κ1) is 23.0. The summed E-state index contributed by atoms with van der Waals surface area (Å²) in [7, 11) is -1.50. The van der Waals surface area contributed by atoms with Gasteiger partial charge in [0.1, 0.15) is 4.90 Å². The Morgan fingerprint density at radius 1 is 1.13 bits per heavy atom. The molecule has 1 saturated heterocycles. The first-order valence-corrected chi connectivity index (χ1v) is 11.5. The maximum Gasteiger partial charge on any atom is 0.266 e. The number of benzene rings is 2. The fourth-order valence-corrected chi connectivity index (χ4v) is 4.85. The number of amides is 1. The summed E-state index contributed by atoms with van der Waals surface area (Å²) in [5.41, 5.74) is 1.85. The van der Waals surface area contributed by atoms with E-state index in [1.807, 2.05) is 12.1 Å². The lowest BCUT2D eigenvalue weighted by Gasteiger charge is -2.24. The van der Waals surface area contributed by atoms with Gasteiger partial charge in [-0.25, -0.2) is 8.42 Å². The van der Waals surface area contributed by atoms with Gasteiger partial charge >= 0.3 is 0 Å². The molecule has 1 fully saturated rings. The zero-order chi connectivity index (χ0) is 22.6.